The first kappa shape index (κ1) is 14.0. The summed E-state index contributed by atoms with van der Waals surface area (Å²) in [5.74, 6) is 2.21. The summed E-state index contributed by atoms with van der Waals surface area (Å²) in [4.78, 5) is 4.42. The van der Waals surface area contributed by atoms with Gasteiger partial charge in [-0.2, -0.15) is 5.26 Å². The summed E-state index contributed by atoms with van der Waals surface area (Å²) in [6.07, 6.45) is 0. The van der Waals surface area contributed by atoms with Gasteiger partial charge in [0.15, 0.2) is 0 Å². The van der Waals surface area contributed by atoms with Crippen molar-refractivity contribution in [2.45, 2.75) is 19.3 Å². The van der Waals surface area contributed by atoms with Crippen LogP contribution >= 0.6 is 11.6 Å². The second-order valence-corrected chi connectivity index (χ2v) is 6.16. The standard InChI is InChI=1S/C13H14ClN3OS/c1-2-19(18)7-6-17-11-5-3-4-10(9-15)13(11)16-12(17)8-14/h3-5H,2,6-8H2,1H3. The molecule has 1 unspecified atom stereocenters. The molecule has 1 heterocycles. The molecular formula is C13H14ClN3OS. The van der Waals surface area contributed by atoms with E-state index in [1.54, 1.807) is 6.07 Å². The maximum atomic E-state index is 11.6. The number of nitriles is 1. The topological polar surface area (TPSA) is 58.7 Å². The van der Waals surface area contributed by atoms with Crippen LogP contribution in [0.4, 0.5) is 0 Å². The number of imidazole rings is 1. The van der Waals surface area contributed by atoms with Crippen LogP contribution in [0.25, 0.3) is 11.0 Å². The molecule has 4 nitrogen and oxygen atoms in total. The zero-order valence-electron chi connectivity index (χ0n) is 10.6. The van der Waals surface area contributed by atoms with Crippen LogP contribution in [0.2, 0.25) is 0 Å². The number of aryl methyl sites for hydroxylation is 1. The van der Waals surface area contributed by atoms with E-state index in [1.807, 2.05) is 23.6 Å². The van der Waals surface area contributed by atoms with Crippen molar-refractivity contribution in [1.29, 1.82) is 5.26 Å². The van der Waals surface area contributed by atoms with Crippen molar-refractivity contribution in [1.82, 2.24) is 9.55 Å². The van der Waals surface area contributed by atoms with Gasteiger partial charge in [-0.05, 0) is 12.1 Å². The lowest BCUT2D eigenvalue weighted by Gasteiger charge is -2.06. The first-order valence-electron chi connectivity index (χ1n) is 6.00. The Labute approximate surface area is 119 Å². The minimum atomic E-state index is -0.829. The summed E-state index contributed by atoms with van der Waals surface area (Å²) in [5, 5.41) is 9.08. The lowest BCUT2D eigenvalue weighted by Crippen LogP contribution is -2.11. The fourth-order valence-electron chi connectivity index (χ4n) is 1.97. The molecule has 1 atom stereocenters. The molecule has 2 rings (SSSR count). The molecule has 0 aliphatic heterocycles. The lowest BCUT2D eigenvalue weighted by atomic mass is 10.2. The number of benzene rings is 1. The van der Waals surface area contributed by atoms with E-state index in [9.17, 15) is 4.21 Å². The van der Waals surface area contributed by atoms with Crippen LogP contribution in [0.1, 0.15) is 18.3 Å². The summed E-state index contributed by atoms with van der Waals surface area (Å²) in [6.45, 7) is 2.51. The highest BCUT2D eigenvalue weighted by atomic mass is 35.5. The monoisotopic (exact) mass is 295 g/mol. The van der Waals surface area contributed by atoms with Crippen molar-refractivity contribution >= 4 is 33.4 Å². The van der Waals surface area contributed by atoms with Gasteiger partial charge < -0.3 is 4.57 Å². The van der Waals surface area contributed by atoms with Gasteiger partial charge in [-0.15, -0.1) is 11.6 Å². The average molecular weight is 296 g/mol. The predicted octanol–water partition coefficient (Wildman–Crippen LogP) is 2.42. The molecule has 100 valence electrons. The molecule has 0 aliphatic carbocycles. The van der Waals surface area contributed by atoms with Gasteiger partial charge in [0.25, 0.3) is 0 Å². The van der Waals surface area contributed by atoms with Gasteiger partial charge >= 0.3 is 0 Å². The molecule has 0 radical (unpaired) electrons. The molecule has 0 N–H and O–H groups in total. The number of hydrogen-bond acceptors (Lipinski definition) is 3. The summed E-state index contributed by atoms with van der Waals surface area (Å²) < 4.78 is 13.5. The number of rotatable bonds is 5. The molecule has 1 aromatic heterocycles. The van der Waals surface area contributed by atoms with Gasteiger partial charge in [0, 0.05) is 28.9 Å². The van der Waals surface area contributed by atoms with E-state index in [0.29, 0.717) is 35.0 Å². The molecule has 0 aliphatic rings. The highest BCUT2D eigenvalue weighted by molar-refractivity contribution is 7.84. The van der Waals surface area contributed by atoms with Crippen molar-refractivity contribution in [3.63, 3.8) is 0 Å². The van der Waals surface area contributed by atoms with Gasteiger partial charge in [0.05, 0.1) is 17.0 Å². The van der Waals surface area contributed by atoms with Gasteiger partial charge in [-0.3, -0.25) is 4.21 Å². The van der Waals surface area contributed by atoms with Gasteiger partial charge in [-0.1, -0.05) is 13.0 Å². The van der Waals surface area contributed by atoms with Crippen LogP contribution in [-0.4, -0.2) is 25.3 Å². The maximum Gasteiger partial charge on any atom is 0.124 e. The Hall–Kier alpha value is -1.38. The molecule has 2 aromatic rings. The normalized spacial score (nSPS) is 12.5. The van der Waals surface area contributed by atoms with E-state index >= 15 is 0 Å². The van der Waals surface area contributed by atoms with Crippen LogP contribution in [0.3, 0.4) is 0 Å². The minimum absolute atomic E-state index is 0.276. The summed E-state index contributed by atoms with van der Waals surface area (Å²) in [6, 6.07) is 7.61. The molecule has 0 saturated heterocycles. The molecule has 6 heteroatoms. The first-order valence-corrected chi connectivity index (χ1v) is 8.02. The number of aromatic nitrogens is 2. The average Bonchev–Trinajstić information content (AvgIpc) is 2.82. The fourth-order valence-corrected chi connectivity index (χ4v) is 2.85. The third-order valence-corrected chi connectivity index (χ3v) is 4.48. The number of alkyl halides is 1. The number of fused-ring (bicyclic) bond motifs is 1. The van der Waals surface area contributed by atoms with Crippen LogP contribution in [0.5, 0.6) is 0 Å². The number of nitrogens with zero attached hydrogens (tertiary/aromatic N) is 3. The predicted molar refractivity (Wildman–Crippen MR) is 77.6 cm³/mol. The Morgan fingerprint density at radius 2 is 2.32 bits per heavy atom. The van der Waals surface area contributed by atoms with Crippen LogP contribution in [0, 0.1) is 11.3 Å². The SMILES string of the molecule is CCS(=O)CCn1c(CCl)nc2c(C#N)cccc21. The number of hydrogen-bond donors (Lipinski definition) is 0. The summed E-state index contributed by atoms with van der Waals surface area (Å²) >= 11 is 5.91. The van der Waals surface area contributed by atoms with E-state index in [0.717, 1.165) is 5.52 Å². The molecular weight excluding hydrogens is 282 g/mol. The highest BCUT2D eigenvalue weighted by Gasteiger charge is 2.13. The summed E-state index contributed by atoms with van der Waals surface area (Å²) in [7, 11) is -0.829. The quantitative estimate of drug-likeness (QED) is 0.796. The van der Waals surface area contributed by atoms with E-state index in [2.05, 4.69) is 11.1 Å². The van der Waals surface area contributed by atoms with Gasteiger partial charge in [0.2, 0.25) is 0 Å². The Kier molecular flexibility index (Phi) is 4.56. The van der Waals surface area contributed by atoms with E-state index in [1.165, 1.54) is 0 Å². The third kappa shape index (κ3) is 2.80. The van der Waals surface area contributed by atoms with E-state index in [-0.39, 0.29) is 5.88 Å². The van der Waals surface area contributed by atoms with Crippen molar-refractivity contribution in [3.8, 4) is 6.07 Å². The van der Waals surface area contributed by atoms with Crippen LogP contribution in [0.15, 0.2) is 18.2 Å². The third-order valence-electron chi connectivity index (χ3n) is 2.96. The molecule has 0 spiro atoms. The van der Waals surface area contributed by atoms with Gasteiger partial charge in [-0.25, -0.2) is 4.98 Å². The van der Waals surface area contributed by atoms with Crippen LogP contribution < -0.4 is 0 Å². The minimum Gasteiger partial charge on any atom is -0.326 e. The highest BCUT2D eigenvalue weighted by Crippen LogP contribution is 2.20. The van der Waals surface area contributed by atoms with Crippen LogP contribution in [-0.2, 0) is 23.2 Å². The van der Waals surface area contributed by atoms with Crippen molar-refractivity contribution in [2.24, 2.45) is 0 Å². The number of halogens is 1. The lowest BCUT2D eigenvalue weighted by molar-refractivity contribution is 0.673. The largest absolute Gasteiger partial charge is 0.326 e. The van der Waals surface area contributed by atoms with E-state index < -0.39 is 10.8 Å². The smallest absolute Gasteiger partial charge is 0.124 e. The fraction of sp³-hybridized carbons (Fsp3) is 0.385. The van der Waals surface area contributed by atoms with Gasteiger partial charge in [0.1, 0.15) is 17.4 Å². The summed E-state index contributed by atoms with van der Waals surface area (Å²) in [5.41, 5.74) is 2.09. The zero-order valence-corrected chi connectivity index (χ0v) is 12.2. The first-order chi connectivity index (χ1) is 9.21. The van der Waals surface area contributed by atoms with Crippen molar-refractivity contribution in [2.75, 3.05) is 11.5 Å². The second kappa shape index (κ2) is 6.18. The molecule has 0 saturated carbocycles. The Morgan fingerprint density at radius 3 is 2.95 bits per heavy atom. The molecule has 0 amide bonds. The number of para-hydroxylation sites is 1. The molecule has 19 heavy (non-hydrogen) atoms. The Balaban J connectivity index is 2.47. The molecule has 0 fully saturated rings. The molecule has 0 bridgehead atoms. The van der Waals surface area contributed by atoms with Crippen molar-refractivity contribution in [3.05, 3.63) is 29.6 Å². The zero-order chi connectivity index (χ0) is 13.8. The second-order valence-electron chi connectivity index (χ2n) is 4.03. The van der Waals surface area contributed by atoms with E-state index in [4.69, 9.17) is 16.9 Å². The van der Waals surface area contributed by atoms with Crippen molar-refractivity contribution < 1.29 is 4.21 Å². The maximum absolute atomic E-state index is 11.6. The Morgan fingerprint density at radius 1 is 1.53 bits per heavy atom. The molecule has 1 aromatic carbocycles. The Bertz CT molecular complexity index is 660.